The van der Waals surface area contributed by atoms with E-state index in [0.29, 0.717) is 11.4 Å². The number of ether oxygens (including phenoxy) is 4. The predicted molar refractivity (Wildman–Crippen MR) is 140 cm³/mol. The first-order chi connectivity index (χ1) is 18.0. The van der Waals surface area contributed by atoms with Gasteiger partial charge in [-0.2, -0.15) is 0 Å². The van der Waals surface area contributed by atoms with Gasteiger partial charge in [-0.05, 0) is 44.5 Å². The fraction of sp³-hybridized carbons (Fsp3) is 0.310. The van der Waals surface area contributed by atoms with Gasteiger partial charge in [0.15, 0.2) is 5.54 Å². The third-order valence-electron chi connectivity index (χ3n) is 6.18. The number of halogens is 1. The van der Waals surface area contributed by atoms with Gasteiger partial charge in [-0.15, -0.1) is 0 Å². The topological polar surface area (TPSA) is 86.3 Å². The maximum atomic E-state index is 14.8. The lowest BCUT2D eigenvalue weighted by molar-refractivity contribution is -0.123. The van der Waals surface area contributed by atoms with Crippen molar-refractivity contribution in [3.8, 4) is 17.2 Å². The summed E-state index contributed by atoms with van der Waals surface area (Å²) in [6.07, 6.45) is -0.873. The van der Waals surface area contributed by atoms with Gasteiger partial charge >= 0.3 is 6.09 Å². The largest absolute Gasteiger partial charge is 0.496 e. The second-order valence-electron chi connectivity index (χ2n) is 9.82. The fourth-order valence-corrected chi connectivity index (χ4v) is 4.65. The van der Waals surface area contributed by atoms with Crippen molar-refractivity contribution in [1.82, 2.24) is 5.32 Å². The summed E-state index contributed by atoms with van der Waals surface area (Å²) >= 11 is 0. The van der Waals surface area contributed by atoms with E-state index in [1.165, 1.54) is 44.4 Å². The van der Waals surface area contributed by atoms with Crippen molar-refractivity contribution in [2.24, 2.45) is 0 Å². The number of rotatable bonds is 7. The number of hydrogen-bond donors (Lipinski definition) is 1. The van der Waals surface area contributed by atoms with Crippen molar-refractivity contribution < 1.29 is 32.9 Å². The normalized spacial score (nSPS) is 16.6. The van der Waals surface area contributed by atoms with Crippen LogP contribution in [0.25, 0.3) is 0 Å². The van der Waals surface area contributed by atoms with Crippen molar-refractivity contribution in [3.05, 3.63) is 83.2 Å². The van der Waals surface area contributed by atoms with Crippen molar-refractivity contribution >= 4 is 17.7 Å². The third kappa shape index (κ3) is 4.83. The molecular formula is C29H31FN2O6. The lowest BCUT2D eigenvalue weighted by Crippen LogP contribution is -2.55. The smallest absolute Gasteiger partial charge is 0.409 e. The van der Waals surface area contributed by atoms with Gasteiger partial charge in [-0.3, -0.25) is 10.1 Å². The predicted octanol–water partition coefficient (Wildman–Crippen LogP) is 5.17. The second kappa shape index (κ2) is 10.2. The fourth-order valence-electron chi connectivity index (χ4n) is 4.65. The van der Waals surface area contributed by atoms with Crippen LogP contribution in [0, 0.1) is 5.82 Å². The Kier molecular flexibility index (Phi) is 7.22. The van der Waals surface area contributed by atoms with E-state index < -0.39 is 29.0 Å². The van der Waals surface area contributed by atoms with Crippen LogP contribution in [-0.4, -0.2) is 38.9 Å². The van der Waals surface area contributed by atoms with E-state index in [1.807, 2.05) is 30.3 Å². The van der Waals surface area contributed by atoms with E-state index in [0.717, 1.165) is 5.56 Å². The quantitative estimate of drug-likeness (QED) is 0.461. The zero-order valence-corrected chi connectivity index (χ0v) is 22.3. The standard InChI is InChI=1S/C29H31FN2O6/c1-28(2,3)38-27(34)31-29(25-23(36-5)15-20(35-4)16-24(25)37-6)21-14-19(30)12-13-22(21)32(26(29)33)17-18-10-8-7-9-11-18/h7-16H,17H2,1-6H3,(H,31,34). The summed E-state index contributed by atoms with van der Waals surface area (Å²) in [6, 6.07) is 16.5. The van der Waals surface area contributed by atoms with Gasteiger partial charge in [0.1, 0.15) is 28.7 Å². The van der Waals surface area contributed by atoms with Crippen LogP contribution in [0.4, 0.5) is 14.9 Å². The first-order valence-electron chi connectivity index (χ1n) is 12.0. The molecule has 9 heteroatoms. The maximum Gasteiger partial charge on any atom is 0.409 e. The molecular weight excluding hydrogens is 491 g/mol. The highest BCUT2D eigenvalue weighted by Gasteiger charge is 2.57. The summed E-state index contributed by atoms with van der Waals surface area (Å²) in [7, 11) is 4.33. The highest BCUT2D eigenvalue weighted by atomic mass is 19.1. The Labute approximate surface area is 221 Å². The zero-order chi connectivity index (χ0) is 27.7. The Bertz CT molecular complexity index is 1330. The summed E-state index contributed by atoms with van der Waals surface area (Å²) < 4.78 is 37.1. The minimum atomic E-state index is -1.95. The molecule has 0 radical (unpaired) electrons. The van der Waals surface area contributed by atoms with Crippen molar-refractivity contribution in [1.29, 1.82) is 0 Å². The lowest BCUT2D eigenvalue weighted by atomic mass is 9.82. The first kappa shape index (κ1) is 26.8. The SMILES string of the molecule is COc1cc(OC)c(C2(NC(=O)OC(C)(C)C)C(=O)N(Cc3ccccc3)c3ccc(F)cc32)c(OC)c1. The number of methoxy groups -OCH3 is 3. The molecule has 1 atom stereocenters. The van der Waals surface area contributed by atoms with Gasteiger partial charge in [0.2, 0.25) is 0 Å². The minimum absolute atomic E-state index is 0.177. The minimum Gasteiger partial charge on any atom is -0.496 e. The van der Waals surface area contributed by atoms with Gasteiger partial charge in [-0.25, -0.2) is 9.18 Å². The molecule has 1 aliphatic rings. The van der Waals surface area contributed by atoms with Crippen LogP contribution in [0.5, 0.6) is 17.2 Å². The molecule has 0 saturated heterocycles. The molecule has 1 N–H and O–H groups in total. The Morgan fingerprint density at radius 3 is 2.13 bits per heavy atom. The number of alkyl carbamates (subject to hydrolysis) is 1. The molecule has 4 rings (SSSR count). The molecule has 38 heavy (non-hydrogen) atoms. The molecule has 3 aromatic carbocycles. The molecule has 3 aromatic rings. The van der Waals surface area contributed by atoms with Crippen LogP contribution in [0.1, 0.15) is 37.5 Å². The van der Waals surface area contributed by atoms with Crippen LogP contribution in [0.2, 0.25) is 0 Å². The average Bonchev–Trinajstić information content (AvgIpc) is 3.09. The van der Waals surface area contributed by atoms with E-state index in [9.17, 15) is 14.0 Å². The molecule has 8 nitrogen and oxygen atoms in total. The summed E-state index contributed by atoms with van der Waals surface area (Å²) in [5.41, 5.74) is -1.14. The number of carbonyl (C=O) groups is 2. The number of anilines is 1. The summed E-state index contributed by atoms with van der Waals surface area (Å²) in [4.78, 5) is 29.4. The van der Waals surface area contributed by atoms with E-state index >= 15 is 0 Å². The Hall–Kier alpha value is -4.27. The number of amides is 2. The molecule has 200 valence electrons. The number of hydrogen-bond acceptors (Lipinski definition) is 6. The molecule has 0 saturated carbocycles. The van der Waals surface area contributed by atoms with E-state index in [-0.39, 0.29) is 29.2 Å². The molecule has 0 aromatic heterocycles. The van der Waals surface area contributed by atoms with Crippen LogP contribution in [0.3, 0.4) is 0 Å². The molecule has 1 heterocycles. The van der Waals surface area contributed by atoms with Crippen LogP contribution in [0.15, 0.2) is 60.7 Å². The average molecular weight is 523 g/mol. The van der Waals surface area contributed by atoms with E-state index in [2.05, 4.69) is 5.32 Å². The van der Waals surface area contributed by atoms with Gasteiger partial charge in [0.25, 0.3) is 5.91 Å². The number of benzene rings is 3. The van der Waals surface area contributed by atoms with E-state index in [1.54, 1.807) is 32.9 Å². The Balaban J connectivity index is 2.03. The highest BCUT2D eigenvalue weighted by molar-refractivity contribution is 6.12. The number of fused-ring (bicyclic) bond motifs is 1. The van der Waals surface area contributed by atoms with Gasteiger partial charge in [0, 0.05) is 17.7 Å². The molecule has 2 amide bonds. The van der Waals surface area contributed by atoms with Gasteiger partial charge in [-0.1, -0.05) is 30.3 Å². The van der Waals surface area contributed by atoms with Crippen LogP contribution >= 0.6 is 0 Å². The van der Waals surface area contributed by atoms with Crippen LogP contribution < -0.4 is 24.4 Å². The number of nitrogens with one attached hydrogen (secondary N) is 1. The monoisotopic (exact) mass is 522 g/mol. The zero-order valence-electron chi connectivity index (χ0n) is 22.3. The Morgan fingerprint density at radius 2 is 1.58 bits per heavy atom. The van der Waals surface area contributed by atoms with Crippen molar-refractivity contribution in [2.75, 3.05) is 26.2 Å². The highest BCUT2D eigenvalue weighted by Crippen LogP contribution is 2.52. The van der Waals surface area contributed by atoms with Crippen molar-refractivity contribution in [3.63, 3.8) is 0 Å². The third-order valence-corrected chi connectivity index (χ3v) is 6.18. The molecule has 0 aliphatic carbocycles. The number of nitrogens with zero attached hydrogens (tertiary/aromatic N) is 1. The molecule has 1 aliphatic heterocycles. The van der Waals surface area contributed by atoms with E-state index in [4.69, 9.17) is 18.9 Å². The van der Waals surface area contributed by atoms with Gasteiger partial charge in [0.05, 0.1) is 39.1 Å². The molecule has 0 spiro atoms. The summed E-state index contributed by atoms with van der Waals surface area (Å²) in [5, 5.41) is 2.78. The second-order valence-corrected chi connectivity index (χ2v) is 9.82. The summed E-state index contributed by atoms with van der Waals surface area (Å²) in [6.45, 7) is 5.30. The van der Waals surface area contributed by atoms with Crippen LogP contribution in [-0.2, 0) is 21.6 Å². The molecule has 0 bridgehead atoms. The molecule has 0 fully saturated rings. The Morgan fingerprint density at radius 1 is 0.947 bits per heavy atom. The number of carbonyl (C=O) groups excluding carboxylic acids is 2. The summed E-state index contributed by atoms with van der Waals surface area (Å²) in [5.74, 6) is -0.319. The molecule has 1 unspecified atom stereocenters. The first-order valence-corrected chi connectivity index (χ1v) is 12.0. The van der Waals surface area contributed by atoms with Crippen molar-refractivity contribution in [2.45, 2.75) is 38.5 Å². The maximum absolute atomic E-state index is 14.8. The van der Waals surface area contributed by atoms with Gasteiger partial charge < -0.3 is 23.8 Å². The lowest BCUT2D eigenvalue weighted by Gasteiger charge is -2.34.